The average molecular weight is 388 g/mol. The van der Waals surface area contributed by atoms with Gasteiger partial charge in [0.25, 0.3) is 0 Å². The number of ether oxygens (including phenoxy) is 2. The van der Waals surface area contributed by atoms with E-state index in [9.17, 15) is 4.79 Å². The highest BCUT2D eigenvalue weighted by Gasteiger charge is 2.43. The molecule has 0 bridgehead atoms. The van der Waals surface area contributed by atoms with Gasteiger partial charge in [0.2, 0.25) is 5.78 Å². The minimum absolute atomic E-state index is 0.0425. The zero-order chi connectivity index (χ0) is 20.0. The SMILES string of the molecule is CC[S+](CC)C(C(=O)c1ccc(Oc2ccc(OC)cc2)cc1)C(C)(C)C. The Labute approximate surface area is 166 Å². The van der Waals surface area contributed by atoms with Crippen molar-refractivity contribution in [2.45, 2.75) is 39.9 Å². The molecule has 2 aromatic carbocycles. The van der Waals surface area contributed by atoms with E-state index >= 15 is 0 Å². The summed E-state index contributed by atoms with van der Waals surface area (Å²) in [5.41, 5.74) is 0.709. The molecule has 4 heteroatoms. The van der Waals surface area contributed by atoms with Gasteiger partial charge in [-0.3, -0.25) is 4.79 Å². The van der Waals surface area contributed by atoms with Gasteiger partial charge in [0.15, 0.2) is 5.25 Å². The topological polar surface area (TPSA) is 35.5 Å². The molecule has 2 rings (SSSR count). The summed E-state index contributed by atoms with van der Waals surface area (Å²) < 4.78 is 11.0. The Morgan fingerprint density at radius 3 is 1.74 bits per heavy atom. The monoisotopic (exact) mass is 387 g/mol. The summed E-state index contributed by atoms with van der Waals surface area (Å²) in [4.78, 5) is 13.2. The maximum atomic E-state index is 13.2. The first-order valence-corrected chi connectivity index (χ1v) is 11.0. The summed E-state index contributed by atoms with van der Waals surface area (Å²) in [6.45, 7) is 10.9. The number of hydrogen-bond donors (Lipinski definition) is 0. The van der Waals surface area contributed by atoms with Crippen LogP contribution in [0.2, 0.25) is 0 Å². The summed E-state index contributed by atoms with van der Waals surface area (Å²) in [5, 5.41) is 0.0425. The van der Waals surface area contributed by atoms with Crippen molar-refractivity contribution in [1.82, 2.24) is 0 Å². The predicted molar refractivity (Wildman–Crippen MR) is 116 cm³/mol. The van der Waals surface area contributed by atoms with E-state index in [1.54, 1.807) is 7.11 Å². The zero-order valence-corrected chi connectivity index (χ0v) is 18.1. The Morgan fingerprint density at radius 1 is 0.889 bits per heavy atom. The molecule has 3 nitrogen and oxygen atoms in total. The molecule has 146 valence electrons. The molecule has 0 N–H and O–H groups in total. The largest absolute Gasteiger partial charge is 0.497 e. The Kier molecular flexibility index (Phi) is 7.37. The first-order valence-electron chi connectivity index (χ1n) is 9.42. The lowest BCUT2D eigenvalue weighted by Crippen LogP contribution is -2.43. The number of ketones is 1. The van der Waals surface area contributed by atoms with E-state index in [0.29, 0.717) is 5.75 Å². The standard InChI is InChI=1S/C23H31O3S/c1-7-27(8-2)22(23(3,4)5)21(24)17-9-11-19(12-10-17)26-20-15-13-18(25-6)14-16-20/h9-16,22H,7-8H2,1-6H3/q+1. The third-order valence-corrected chi connectivity index (χ3v) is 7.60. The van der Waals surface area contributed by atoms with Gasteiger partial charge in [0.05, 0.1) is 7.11 Å². The van der Waals surface area contributed by atoms with Crippen molar-refractivity contribution in [2.24, 2.45) is 5.41 Å². The number of benzene rings is 2. The van der Waals surface area contributed by atoms with Crippen LogP contribution in [0.1, 0.15) is 45.0 Å². The van der Waals surface area contributed by atoms with Crippen molar-refractivity contribution in [1.29, 1.82) is 0 Å². The molecule has 0 radical (unpaired) electrons. The van der Waals surface area contributed by atoms with Gasteiger partial charge in [-0.05, 0) is 73.3 Å². The average Bonchev–Trinajstić information content (AvgIpc) is 2.65. The lowest BCUT2D eigenvalue weighted by molar-refractivity contribution is 0.0949. The van der Waals surface area contributed by atoms with Crippen LogP contribution in [0.5, 0.6) is 17.2 Å². The van der Waals surface area contributed by atoms with Gasteiger partial charge >= 0.3 is 0 Å². The van der Waals surface area contributed by atoms with E-state index in [1.165, 1.54) is 0 Å². The number of rotatable bonds is 8. The van der Waals surface area contributed by atoms with Gasteiger partial charge in [-0.2, -0.15) is 0 Å². The van der Waals surface area contributed by atoms with Crippen LogP contribution in [-0.2, 0) is 10.9 Å². The van der Waals surface area contributed by atoms with E-state index in [2.05, 4.69) is 34.6 Å². The van der Waals surface area contributed by atoms with Crippen molar-refractivity contribution >= 4 is 16.7 Å². The van der Waals surface area contributed by atoms with Crippen LogP contribution in [0.3, 0.4) is 0 Å². The molecular formula is C23H31O3S+. The second-order valence-corrected chi connectivity index (χ2v) is 10.2. The first-order chi connectivity index (χ1) is 12.8. The van der Waals surface area contributed by atoms with Gasteiger partial charge in [0, 0.05) is 11.0 Å². The minimum atomic E-state index is -0.0511. The maximum Gasteiger partial charge on any atom is 0.215 e. The molecule has 0 saturated carbocycles. The van der Waals surface area contributed by atoms with Crippen LogP contribution in [0.25, 0.3) is 0 Å². The third kappa shape index (κ3) is 5.52. The maximum absolute atomic E-state index is 13.2. The Balaban J connectivity index is 2.17. The normalized spacial score (nSPS) is 12.7. The highest BCUT2D eigenvalue weighted by molar-refractivity contribution is 7.98. The molecule has 0 aliphatic rings. The van der Waals surface area contributed by atoms with Crippen molar-refractivity contribution in [3.8, 4) is 17.2 Å². The Bertz CT molecular complexity index is 726. The minimum Gasteiger partial charge on any atom is -0.497 e. The van der Waals surface area contributed by atoms with E-state index in [4.69, 9.17) is 9.47 Å². The second kappa shape index (κ2) is 9.32. The molecule has 0 aliphatic carbocycles. The number of Topliss-reactive ketones (excluding diaryl/α,β-unsaturated/α-hetero) is 1. The molecule has 0 spiro atoms. The van der Waals surface area contributed by atoms with Crippen molar-refractivity contribution in [3.05, 3.63) is 54.1 Å². The third-order valence-electron chi connectivity index (χ3n) is 4.53. The summed E-state index contributed by atoms with van der Waals surface area (Å²) in [6, 6.07) is 14.9. The van der Waals surface area contributed by atoms with Crippen molar-refractivity contribution in [2.75, 3.05) is 18.6 Å². The number of carbonyl (C=O) groups excluding carboxylic acids is 1. The van der Waals surface area contributed by atoms with Gasteiger partial charge in [-0.25, -0.2) is 0 Å². The Hall–Kier alpha value is -1.94. The molecule has 0 aromatic heterocycles. The van der Waals surface area contributed by atoms with Gasteiger partial charge in [-0.15, -0.1) is 0 Å². The highest BCUT2D eigenvalue weighted by atomic mass is 32.2. The highest BCUT2D eigenvalue weighted by Crippen LogP contribution is 2.31. The first kappa shape index (κ1) is 21.4. The molecule has 0 heterocycles. The molecule has 27 heavy (non-hydrogen) atoms. The number of carbonyl (C=O) groups is 1. The quantitative estimate of drug-likeness (QED) is 0.428. The van der Waals surface area contributed by atoms with Crippen LogP contribution < -0.4 is 9.47 Å². The fraction of sp³-hybridized carbons (Fsp3) is 0.435. The van der Waals surface area contributed by atoms with Gasteiger partial charge < -0.3 is 9.47 Å². The predicted octanol–water partition coefficient (Wildman–Crippen LogP) is 5.74. The summed E-state index contributed by atoms with van der Waals surface area (Å²) in [7, 11) is 1.73. The van der Waals surface area contributed by atoms with Gasteiger partial charge in [0.1, 0.15) is 28.8 Å². The van der Waals surface area contributed by atoms with Crippen LogP contribution in [0.15, 0.2) is 48.5 Å². The fourth-order valence-electron chi connectivity index (χ4n) is 3.20. The second-order valence-electron chi connectivity index (χ2n) is 7.53. The summed E-state index contributed by atoms with van der Waals surface area (Å²) in [5.74, 6) is 4.57. The van der Waals surface area contributed by atoms with Crippen molar-refractivity contribution in [3.63, 3.8) is 0 Å². The van der Waals surface area contributed by atoms with E-state index in [-0.39, 0.29) is 27.3 Å². The van der Waals surface area contributed by atoms with E-state index in [0.717, 1.165) is 28.6 Å². The van der Waals surface area contributed by atoms with E-state index in [1.807, 2.05) is 48.5 Å². The molecule has 1 unspecified atom stereocenters. The molecule has 0 amide bonds. The fourth-order valence-corrected chi connectivity index (χ4v) is 5.71. The van der Waals surface area contributed by atoms with Crippen LogP contribution in [-0.4, -0.2) is 29.6 Å². The molecule has 0 saturated heterocycles. The van der Waals surface area contributed by atoms with Crippen LogP contribution in [0.4, 0.5) is 0 Å². The summed E-state index contributed by atoms with van der Waals surface area (Å²) in [6.07, 6.45) is 0. The lowest BCUT2D eigenvalue weighted by Gasteiger charge is -2.28. The lowest BCUT2D eigenvalue weighted by atomic mass is 9.87. The van der Waals surface area contributed by atoms with Gasteiger partial charge in [-0.1, -0.05) is 20.8 Å². The number of methoxy groups -OCH3 is 1. The molecule has 0 fully saturated rings. The van der Waals surface area contributed by atoms with E-state index < -0.39 is 0 Å². The van der Waals surface area contributed by atoms with Crippen molar-refractivity contribution < 1.29 is 14.3 Å². The molecule has 0 aliphatic heterocycles. The van der Waals surface area contributed by atoms with Crippen LogP contribution in [0, 0.1) is 5.41 Å². The molecule has 2 aromatic rings. The van der Waals surface area contributed by atoms with Crippen LogP contribution >= 0.6 is 0 Å². The summed E-state index contributed by atoms with van der Waals surface area (Å²) >= 11 is 0. The molecular weight excluding hydrogens is 356 g/mol. The number of hydrogen-bond acceptors (Lipinski definition) is 3. The smallest absolute Gasteiger partial charge is 0.215 e. The molecule has 1 atom stereocenters. The Morgan fingerprint density at radius 2 is 1.33 bits per heavy atom. The zero-order valence-electron chi connectivity index (χ0n) is 17.2.